The maximum Gasteiger partial charge on any atom is 0.136 e. The zero-order chi connectivity index (χ0) is 17.2. The Morgan fingerprint density at radius 1 is 0.958 bits per heavy atom. The molecule has 1 aliphatic rings. The van der Waals surface area contributed by atoms with E-state index in [0.29, 0.717) is 0 Å². The van der Waals surface area contributed by atoms with Gasteiger partial charge in [-0.1, -0.05) is 32.9 Å². The Morgan fingerprint density at radius 2 is 1.62 bits per heavy atom. The van der Waals surface area contributed by atoms with Crippen LogP contribution in [0.1, 0.15) is 51.4 Å². The fourth-order valence-corrected chi connectivity index (χ4v) is 3.10. The van der Waals surface area contributed by atoms with Gasteiger partial charge in [0.1, 0.15) is 17.5 Å². The van der Waals surface area contributed by atoms with Gasteiger partial charge in [0.05, 0.1) is 0 Å². The zero-order valence-electron chi connectivity index (χ0n) is 15.3. The minimum atomic E-state index is 0.172. The Balaban J connectivity index is 1.78. The van der Waals surface area contributed by atoms with Crippen LogP contribution in [0.3, 0.4) is 0 Å². The molecule has 0 radical (unpaired) electrons. The van der Waals surface area contributed by atoms with E-state index in [1.807, 2.05) is 6.92 Å². The van der Waals surface area contributed by atoms with Crippen molar-refractivity contribution in [2.75, 3.05) is 23.3 Å². The van der Waals surface area contributed by atoms with E-state index < -0.39 is 0 Å². The summed E-state index contributed by atoms with van der Waals surface area (Å²) in [6.45, 7) is 10.8. The van der Waals surface area contributed by atoms with Crippen LogP contribution in [0, 0.1) is 6.92 Å². The Hall–Kier alpha value is -2.10. The van der Waals surface area contributed by atoms with Crippen molar-refractivity contribution in [3.63, 3.8) is 0 Å². The van der Waals surface area contributed by atoms with Crippen LogP contribution in [-0.2, 0) is 5.41 Å². The first-order chi connectivity index (χ1) is 11.4. The molecule has 1 aromatic heterocycles. The molecular weight excluding hydrogens is 296 g/mol. The predicted molar refractivity (Wildman–Crippen MR) is 101 cm³/mol. The number of aryl methyl sites for hydroxylation is 1. The van der Waals surface area contributed by atoms with E-state index in [0.717, 1.165) is 36.2 Å². The number of piperidine rings is 1. The third-order valence-electron chi connectivity index (χ3n) is 4.53. The number of rotatable bonds is 3. The van der Waals surface area contributed by atoms with E-state index in [2.05, 4.69) is 71.3 Å². The van der Waals surface area contributed by atoms with Crippen molar-refractivity contribution in [2.45, 2.75) is 52.4 Å². The molecular formula is C20H28N4. The van der Waals surface area contributed by atoms with Crippen LogP contribution in [0.25, 0.3) is 0 Å². The van der Waals surface area contributed by atoms with Crippen LogP contribution >= 0.6 is 0 Å². The van der Waals surface area contributed by atoms with E-state index in [9.17, 15) is 0 Å². The highest BCUT2D eigenvalue weighted by molar-refractivity contribution is 5.60. The van der Waals surface area contributed by atoms with Crippen molar-refractivity contribution in [3.8, 4) is 0 Å². The summed E-state index contributed by atoms with van der Waals surface area (Å²) in [6.07, 6.45) is 3.83. The molecule has 0 bridgehead atoms. The summed E-state index contributed by atoms with van der Waals surface area (Å²) in [5.41, 5.74) is 2.57. The summed E-state index contributed by atoms with van der Waals surface area (Å²) in [5.74, 6) is 2.72. The number of nitrogens with zero attached hydrogens (tertiary/aromatic N) is 3. The molecule has 0 saturated carbocycles. The topological polar surface area (TPSA) is 41.1 Å². The van der Waals surface area contributed by atoms with Crippen molar-refractivity contribution in [1.82, 2.24) is 9.97 Å². The van der Waals surface area contributed by atoms with Crippen LogP contribution in [0.2, 0.25) is 0 Å². The normalized spacial score (nSPS) is 15.4. The van der Waals surface area contributed by atoms with Crippen molar-refractivity contribution in [3.05, 3.63) is 41.7 Å². The molecule has 4 nitrogen and oxygen atoms in total. The van der Waals surface area contributed by atoms with Gasteiger partial charge in [-0.25, -0.2) is 9.97 Å². The Bertz CT molecular complexity index is 680. The number of anilines is 3. The van der Waals surface area contributed by atoms with Gasteiger partial charge in [-0.05, 0) is 49.3 Å². The molecule has 1 N–H and O–H groups in total. The molecule has 1 fully saturated rings. The summed E-state index contributed by atoms with van der Waals surface area (Å²) in [5, 5.41) is 3.43. The van der Waals surface area contributed by atoms with Crippen LogP contribution < -0.4 is 10.2 Å². The van der Waals surface area contributed by atoms with Crippen molar-refractivity contribution in [2.24, 2.45) is 0 Å². The van der Waals surface area contributed by atoms with Crippen molar-refractivity contribution < 1.29 is 0 Å². The average molecular weight is 324 g/mol. The number of benzene rings is 1. The second-order valence-corrected chi connectivity index (χ2v) is 7.66. The Kier molecular flexibility index (Phi) is 4.74. The standard InChI is InChI=1S/C20H28N4/c1-15-21-18(14-19(22-15)24-12-6-5-7-13-24)23-17-10-8-16(9-11-17)20(2,3)4/h8-11,14H,5-7,12-13H2,1-4H3,(H,21,22,23). The van der Waals surface area contributed by atoms with Gasteiger partial charge in [-0.2, -0.15) is 0 Å². The van der Waals surface area contributed by atoms with Gasteiger partial charge in [0.15, 0.2) is 0 Å². The maximum atomic E-state index is 4.62. The lowest BCUT2D eigenvalue weighted by molar-refractivity contribution is 0.572. The van der Waals surface area contributed by atoms with Crippen molar-refractivity contribution in [1.29, 1.82) is 0 Å². The molecule has 0 spiro atoms. The summed E-state index contributed by atoms with van der Waals surface area (Å²) in [4.78, 5) is 11.5. The first-order valence-electron chi connectivity index (χ1n) is 8.90. The molecule has 128 valence electrons. The van der Waals surface area contributed by atoms with E-state index in [1.54, 1.807) is 0 Å². The monoisotopic (exact) mass is 324 g/mol. The lowest BCUT2D eigenvalue weighted by Crippen LogP contribution is -2.30. The molecule has 3 rings (SSSR count). The van der Waals surface area contributed by atoms with Crippen LogP contribution in [0.4, 0.5) is 17.3 Å². The molecule has 2 aromatic rings. The Labute approximate surface area is 145 Å². The van der Waals surface area contributed by atoms with E-state index in [4.69, 9.17) is 0 Å². The van der Waals surface area contributed by atoms with Crippen LogP contribution in [0.15, 0.2) is 30.3 Å². The lowest BCUT2D eigenvalue weighted by atomic mass is 9.87. The minimum absolute atomic E-state index is 0.172. The summed E-state index contributed by atoms with van der Waals surface area (Å²) >= 11 is 0. The molecule has 24 heavy (non-hydrogen) atoms. The first kappa shape index (κ1) is 16.7. The molecule has 2 heterocycles. The number of hydrogen-bond donors (Lipinski definition) is 1. The predicted octanol–water partition coefficient (Wildman–Crippen LogP) is 4.82. The summed E-state index contributed by atoms with van der Waals surface area (Å²) in [6, 6.07) is 10.7. The molecule has 1 saturated heterocycles. The molecule has 0 unspecified atom stereocenters. The third-order valence-corrected chi connectivity index (χ3v) is 4.53. The largest absolute Gasteiger partial charge is 0.356 e. The van der Waals surface area contributed by atoms with Gasteiger partial charge >= 0.3 is 0 Å². The highest BCUT2D eigenvalue weighted by atomic mass is 15.2. The van der Waals surface area contributed by atoms with Gasteiger partial charge in [-0.15, -0.1) is 0 Å². The molecule has 1 aromatic carbocycles. The highest BCUT2D eigenvalue weighted by Gasteiger charge is 2.15. The SMILES string of the molecule is Cc1nc(Nc2ccc(C(C)(C)C)cc2)cc(N2CCCCC2)n1. The molecule has 0 aliphatic carbocycles. The second-order valence-electron chi connectivity index (χ2n) is 7.66. The van der Waals surface area contributed by atoms with Gasteiger partial charge in [0.25, 0.3) is 0 Å². The smallest absolute Gasteiger partial charge is 0.136 e. The summed E-state index contributed by atoms with van der Waals surface area (Å²) < 4.78 is 0. The maximum absolute atomic E-state index is 4.62. The third kappa shape index (κ3) is 4.05. The fraction of sp³-hybridized carbons (Fsp3) is 0.500. The summed E-state index contributed by atoms with van der Waals surface area (Å²) in [7, 11) is 0. The van der Waals surface area contributed by atoms with Gasteiger partial charge in [0, 0.05) is 24.8 Å². The quantitative estimate of drug-likeness (QED) is 0.879. The molecule has 0 amide bonds. The number of aromatic nitrogens is 2. The first-order valence-corrected chi connectivity index (χ1v) is 8.90. The van der Waals surface area contributed by atoms with E-state index >= 15 is 0 Å². The Morgan fingerprint density at radius 3 is 2.25 bits per heavy atom. The average Bonchev–Trinajstić information content (AvgIpc) is 2.55. The van der Waals surface area contributed by atoms with Crippen LogP contribution in [0.5, 0.6) is 0 Å². The van der Waals surface area contributed by atoms with E-state index in [-0.39, 0.29) is 5.41 Å². The lowest BCUT2D eigenvalue weighted by Gasteiger charge is -2.28. The molecule has 1 aliphatic heterocycles. The fourth-order valence-electron chi connectivity index (χ4n) is 3.10. The van der Waals surface area contributed by atoms with Gasteiger partial charge in [0.2, 0.25) is 0 Å². The number of hydrogen-bond acceptors (Lipinski definition) is 4. The molecule has 4 heteroatoms. The second kappa shape index (κ2) is 6.80. The van der Waals surface area contributed by atoms with Gasteiger partial charge < -0.3 is 10.2 Å². The number of nitrogens with one attached hydrogen (secondary N) is 1. The minimum Gasteiger partial charge on any atom is -0.356 e. The van der Waals surface area contributed by atoms with Crippen molar-refractivity contribution >= 4 is 17.3 Å². The van der Waals surface area contributed by atoms with E-state index in [1.165, 1.54) is 24.8 Å². The molecule has 0 atom stereocenters. The zero-order valence-corrected chi connectivity index (χ0v) is 15.3. The van der Waals surface area contributed by atoms with Gasteiger partial charge in [-0.3, -0.25) is 0 Å². The van der Waals surface area contributed by atoms with Crippen LogP contribution in [-0.4, -0.2) is 23.1 Å². The highest BCUT2D eigenvalue weighted by Crippen LogP contribution is 2.26.